The Morgan fingerprint density at radius 2 is 1.65 bits per heavy atom. The SMILES string of the molecule is O=C(O)CN1C(=O)S/C(=C2\C(=O)N(CCCCC3CCCCC3)c3ccc(-c4ccccc4)cc32)C1=O. The number of rotatable bonds is 8. The minimum atomic E-state index is -1.28. The smallest absolute Gasteiger partial charge is 0.323 e. The number of unbranched alkanes of at least 4 members (excludes halogenated alkanes) is 1. The Labute approximate surface area is 220 Å². The highest BCUT2D eigenvalue weighted by Crippen LogP contribution is 2.46. The molecule has 1 N–H and O–H groups in total. The monoisotopic (exact) mass is 518 g/mol. The third-order valence-corrected chi connectivity index (χ3v) is 8.44. The molecule has 1 saturated heterocycles. The van der Waals surface area contributed by atoms with Crippen molar-refractivity contribution >= 4 is 46.0 Å². The van der Waals surface area contributed by atoms with Crippen LogP contribution < -0.4 is 4.90 Å². The van der Waals surface area contributed by atoms with E-state index in [-0.39, 0.29) is 16.4 Å². The van der Waals surface area contributed by atoms with Crippen molar-refractivity contribution < 1.29 is 24.3 Å². The average Bonchev–Trinajstić information content (AvgIpc) is 3.33. The first kappa shape index (κ1) is 25.3. The van der Waals surface area contributed by atoms with Crippen LogP contribution in [0, 0.1) is 5.92 Å². The lowest BCUT2D eigenvalue weighted by Gasteiger charge is -2.22. The highest BCUT2D eigenvalue weighted by Gasteiger charge is 2.44. The van der Waals surface area contributed by atoms with E-state index in [0.29, 0.717) is 28.8 Å². The van der Waals surface area contributed by atoms with Crippen LogP contribution in [0.2, 0.25) is 0 Å². The Balaban J connectivity index is 1.45. The Morgan fingerprint density at radius 1 is 0.892 bits per heavy atom. The van der Waals surface area contributed by atoms with E-state index in [1.165, 1.54) is 38.5 Å². The largest absolute Gasteiger partial charge is 0.480 e. The van der Waals surface area contributed by atoms with Gasteiger partial charge < -0.3 is 10.0 Å². The molecular weight excluding hydrogens is 488 g/mol. The number of thioether (sulfide) groups is 1. The van der Waals surface area contributed by atoms with E-state index in [0.717, 1.165) is 35.6 Å². The van der Waals surface area contributed by atoms with Crippen molar-refractivity contribution in [2.45, 2.75) is 51.4 Å². The normalized spacial score (nSPS) is 20.2. The number of carbonyl (C=O) groups is 4. The lowest BCUT2D eigenvalue weighted by molar-refractivity contribution is -0.140. The van der Waals surface area contributed by atoms with Gasteiger partial charge in [0.25, 0.3) is 17.1 Å². The number of carboxylic acid groups (broad SMARTS) is 1. The summed E-state index contributed by atoms with van der Waals surface area (Å²) in [6.45, 7) is -0.191. The zero-order valence-corrected chi connectivity index (χ0v) is 21.5. The summed E-state index contributed by atoms with van der Waals surface area (Å²) in [6.07, 6.45) is 9.61. The Morgan fingerprint density at radius 3 is 2.38 bits per heavy atom. The summed E-state index contributed by atoms with van der Waals surface area (Å²) >= 11 is 0.645. The predicted octanol–water partition coefficient (Wildman–Crippen LogP) is 5.94. The van der Waals surface area contributed by atoms with Crippen molar-refractivity contribution in [2.75, 3.05) is 18.0 Å². The number of benzene rings is 2. The molecule has 1 aliphatic carbocycles. The number of hydrogen-bond acceptors (Lipinski definition) is 5. The number of carboxylic acids is 1. The first-order chi connectivity index (χ1) is 17.9. The highest BCUT2D eigenvalue weighted by molar-refractivity contribution is 8.18. The summed E-state index contributed by atoms with van der Waals surface area (Å²) in [4.78, 5) is 52.9. The van der Waals surface area contributed by atoms with Gasteiger partial charge in [-0.3, -0.25) is 24.1 Å². The first-order valence-electron chi connectivity index (χ1n) is 13.0. The fourth-order valence-electron chi connectivity index (χ4n) is 5.58. The zero-order valence-electron chi connectivity index (χ0n) is 20.7. The molecule has 0 radical (unpaired) electrons. The number of aliphatic carboxylic acids is 1. The second kappa shape index (κ2) is 10.9. The van der Waals surface area contributed by atoms with Crippen molar-refractivity contribution in [1.29, 1.82) is 0 Å². The van der Waals surface area contributed by atoms with Crippen LogP contribution in [0.3, 0.4) is 0 Å². The quantitative estimate of drug-likeness (QED) is 0.343. The van der Waals surface area contributed by atoms with Gasteiger partial charge in [0.15, 0.2) is 0 Å². The molecule has 0 aromatic heterocycles. The van der Waals surface area contributed by atoms with E-state index in [1.807, 2.05) is 48.5 Å². The highest BCUT2D eigenvalue weighted by atomic mass is 32.2. The van der Waals surface area contributed by atoms with Gasteiger partial charge in [-0.25, -0.2) is 0 Å². The number of anilines is 1. The van der Waals surface area contributed by atoms with Crippen LogP contribution in [0.25, 0.3) is 16.7 Å². The molecule has 0 bridgehead atoms. The lowest BCUT2D eigenvalue weighted by Crippen LogP contribution is -2.34. The second-order valence-electron chi connectivity index (χ2n) is 9.91. The first-order valence-corrected chi connectivity index (χ1v) is 13.8. The van der Waals surface area contributed by atoms with Gasteiger partial charge in [0.05, 0.1) is 16.2 Å². The zero-order chi connectivity index (χ0) is 25.9. The van der Waals surface area contributed by atoms with Crippen LogP contribution in [0.5, 0.6) is 0 Å². The summed E-state index contributed by atoms with van der Waals surface area (Å²) < 4.78 is 0. The van der Waals surface area contributed by atoms with Gasteiger partial charge in [0, 0.05) is 12.1 Å². The maximum absolute atomic E-state index is 13.7. The van der Waals surface area contributed by atoms with Gasteiger partial charge >= 0.3 is 5.97 Å². The molecule has 5 rings (SSSR count). The van der Waals surface area contributed by atoms with E-state index >= 15 is 0 Å². The molecule has 1 saturated carbocycles. The van der Waals surface area contributed by atoms with Crippen LogP contribution in [0.15, 0.2) is 53.4 Å². The number of amides is 3. The molecule has 0 atom stereocenters. The van der Waals surface area contributed by atoms with Gasteiger partial charge in [-0.1, -0.05) is 81.3 Å². The summed E-state index contributed by atoms with van der Waals surface area (Å²) in [6, 6.07) is 15.5. The van der Waals surface area contributed by atoms with Crippen LogP contribution in [0.1, 0.15) is 56.9 Å². The Bertz CT molecular complexity index is 1270. The van der Waals surface area contributed by atoms with Gasteiger partial charge in [-0.15, -0.1) is 0 Å². The molecule has 2 aliphatic heterocycles. The van der Waals surface area contributed by atoms with Crippen LogP contribution in [0.4, 0.5) is 10.5 Å². The average molecular weight is 519 g/mol. The molecule has 7 nitrogen and oxygen atoms in total. The minimum absolute atomic E-state index is 0.00687. The van der Waals surface area contributed by atoms with Crippen LogP contribution >= 0.6 is 11.8 Å². The van der Waals surface area contributed by atoms with Crippen LogP contribution in [-0.2, 0) is 14.4 Å². The van der Waals surface area contributed by atoms with Gasteiger partial charge in [-0.2, -0.15) is 0 Å². The number of hydrogen-bond donors (Lipinski definition) is 1. The van der Waals surface area contributed by atoms with Crippen molar-refractivity contribution in [3.05, 3.63) is 59.0 Å². The Kier molecular flexibility index (Phi) is 7.46. The second-order valence-corrected chi connectivity index (χ2v) is 10.9. The van der Waals surface area contributed by atoms with Crippen molar-refractivity contribution in [1.82, 2.24) is 4.90 Å². The van der Waals surface area contributed by atoms with Gasteiger partial charge in [0.1, 0.15) is 6.54 Å². The fraction of sp³-hybridized carbons (Fsp3) is 0.379. The number of fused-ring (bicyclic) bond motifs is 1. The molecule has 3 amide bonds. The standard InChI is InChI=1S/C29H30N2O5S/c32-24(33)18-31-28(35)26(37-29(31)36)25-22-17-21(20-12-5-2-6-13-20)14-15-23(22)30(27(25)34)16-8-7-11-19-9-3-1-4-10-19/h2,5-6,12-15,17,19H,1,3-4,7-11,16,18H2,(H,32,33)/b26-25-. The number of nitrogens with zero attached hydrogens (tertiary/aromatic N) is 2. The molecule has 3 aliphatic rings. The Hall–Kier alpha value is -3.39. The lowest BCUT2D eigenvalue weighted by atomic mass is 9.86. The molecule has 2 aromatic rings. The number of carbonyl (C=O) groups excluding carboxylic acids is 3. The summed E-state index contributed by atoms with van der Waals surface area (Å²) in [7, 11) is 0. The third kappa shape index (κ3) is 5.21. The minimum Gasteiger partial charge on any atom is -0.480 e. The topological polar surface area (TPSA) is 95.0 Å². The maximum Gasteiger partial charge on any atom is 0.323 e. The fourth-order valence-corrected chi connectivity index (χ4v) is 6.51. The van der Waals surface area contributed by atoms with Crippen LogP contribution in [-0.4, -0.2) is 46.1 Å². The molecule has 2 fully saturated rings. The third-order valence-electron chi connectivity index (χ3n) is 7.46. The van der Waals surface area contributed by atoms with Gasteiger partial charge in [0.2, 0.25) is 0 Å². The number of imide groups is 1. The molecular formula is C29H30N2O5S. The molecule has 37 heavy (non-hydrogen) atoms. The summed E-state index contributed by atoms with van der Waals surface area (Å²) in [5, 5.41) is 8.47. The molecule has 0 spiro atoms. The summed E-state index contributed by atoms with van der Waals surface area (Å²) in [5.41, 5.74) is 3.40. The summed E-state index contributed by atoms with van der Waals surface area (Å²) in [5.74, 6) is -1.53. The van der Waals surface area contributed by atoms with E-state index < -0.39 is 23.7 Å². The van der Waals surface area contributed by atoms with Gasteiger partial charge in [-0.05, 0) is 47.4 Å². The van der Waals surface area contributed by atoms with E-state index in [4.69, 9.17) is 5.11 Å². The van der Waals surface area contributed by atoms with E-state index in [9.17, 15) is 19.2 Å². The molecule has 8 heteroatoms. The molecule has 2 heterocycles. The van der Waals surface area contributed by atoms with E-state index in [1.54, 1.807) is 4.90 Å². The van der Waals surface area contributed by atoms with Crippen molar-refractivity contribution in [3.63, 3.8) is 0 Å². The van der Waals surface area contributed by atoms with E-state index in [2.05, 4.69) is 0 Å². The van der Waals surface area contributed by atoms with Crippen molar-refractivity contribution in [3.8, 4) is 11.1 Å². The predicted molar refractivity (Wildman–Crippen MR) is 144 cm³/mol. The molecule has 0 unspecified atom stereocenters. The van der Waals surface area contributed by atoms with Crippen molar-refractivity contribution in [2.24, 2.45) is 5.92 Å². The molecule has 192 valence electrons. The maximum atomic E-state index is 13.7. The molecule has 2 aromatic carbocycles.